The summed E-state index contributed by atoms with van der Waals surface area (Å²) in [6.45, 7) is 1.66. The van der Waals surface area contributed by atoms with Crippen molar-refractivity contribution in [1.29, 1.82) is 0 Å². The fraction of sp³-hybridized carbons (Fsp3) is 0.600. The molecule has 0 bridgehead atoms. The number of benzene rings is 1. The lowest BCUT2D eigenvalue weighted by Gasteiger charge is -2.29. The van der Waals surface area contributed by atoms with Crippen molar-refractivity contribution >= 4 is 0 Å². The van der Waals surface area contributed by atoms with Gasteiger partial charge in [0.2, 0.25) is 0 Å². The molecule has 0 amide bonds. The number of hydrogen-bond acceptors (Lipinski definition) is 3. The molecule has 3 unspecified atom stereocenters. The van der Waals surface area contributed by atoms with Gasteiger partial charge in [0, 0.05) is 24.1 Å². The van der Waals surface area contributed by atoms with E-state index < -0.39 is 0 Å². The molecule has 3 heteroatoms. The Bertz CT molecular complexity index is 407. The highest BCUT2D eigenvalue weighted by molar-refractivity contribution is 5.39. The van der Waals surface area contributed by atoms with E-state index >= 15 is 0 Å². The second-order valence-corrected chi connectivity index (χ2v) is 5.41. The predicted octanol–water partition coefficient (Wildman–Crippen LogP) is 2.06. The first-order valence-corrected chi connectivity index (χ1v) is 6.98. The van der Waals surface area contributed by atoms with Crippen LogP contribution in [0.3, 0.4) is 0 Å². The maximum absolute atomic E-state index is 9.94. The first-order chi connectivity index (χ1) is 8.84. The normalized spacial score (nSPS) is 30.8. The molecule has 1 aromatic rings. The van der Waals surface area contributed by atoms with E-state index in [2.05, 4.69) is 17.4 Å². The molecular weight excluding hydrogens is 226 g/mol. The Morgan fingerprint density at radius 3 is 2.94 bits per heavy atom. The minimum Gasteiger partial charge on any atom is -0.493 e. The van der Waals surface area contributed by atoms with Crippen LogP contribution in [0.4, 0.5) is 0 Å². The molecule has 1 aromatic carbocycles. The zero-order chi connectivity index (χ0) is 12.4. The Morgan fingerprint density at radius 1 is 1.22 bits per heavy atom. The summed E-state index contributed by atoms with van der Waals surface area (Å²) in [4.78, 5) is 0. The number of hydrogen-bond donors (Lipinski definition) is 2. The Hall–Kier alpha value is -1.06. The van der Waals surface area contributed by atoms with Crippen molar-refractivity contribution in [2.24, 2.45) is 0 Å². The van der Waals surface area contributed by atoms with Gasteiger partial charge in [-0.3, -0.25) is 0 Å². The third-order valence-electron chi connectivity index (χ3n) is 4.15. The number of ether oxygens (including phenoxy) is 1. The van der Waals surface area contributed by atoms with Crippen LogP contribution in [0.15, 0.2) is 24.3 Å². The topological polar surface area (TPSA) is 41.5 Å². The molecule has 0 radical (unpaired) electrons. The van der Waals surface area contributed by atoms with Gasteiger partial charge in [0.15, 0.2) is 0 Å². The number of aliphatic hydroxyl groups is 1. The van der Waals surface area contributed by atoms with E-state index in [1.807, 2.05) is 12.1 Å². The maximum atomic E-state index is 9.94. The Kier molecular flexibility index (Phi) is 3.52. The quantitative estimate of drug-likeness (QED) is 0.859. The summed E-state index contributed by atoms with van der Waals surface area (Å²) in [5, 5.41) is 13.5. The van der Waals surface area contributed by atoms with Crippen molar-refractivity contribution in [3.05, 3.63) is 29.8 Å². The second-order valence-electron chi connectivity index (χ2n) is 5.41. The van der Waals surface area contributed by atoms with Gasteiger partial charge in [0.05, 0.1) is 12.7 Å². The van der Waals surface area contributed by atoms with Gasteiger partial charge in [-0.15, -0.1) is 0 Å². The molecule has 2 N–H and O–H groups in total. The van der Waals surface area contributed by atoms with Gasteiger partial charge in [-0.1, -0.05) is 31.0 Å². The van der Waals surface area contributed by atoms with Crippen LogP contribution in [0.5, 0.6) is 5.75 Å². The second kappa shape index (κ2) is 5.29. The minimum atomic E-state index is -0.170. The molecule has 0 spiro atoms. The fourth-order valence-electron chi connectivity index (χ4n) is 3.04. The summed E-state index contributed by atoms with van der Waals surface area (Å²) < 4.78 is 5.68. The molecule has 98 valence electrons. The SMILES string of the molecule is OC1CCCCC1NCC1COc2ccccc21. The van der Waals surface area contributed by atoms with Crippen LogP contribution >= 0.6 is 0 Å². The van der Waals surface area contributed by atoms with Crippen LogP contribution in [0, 0.1) is 0 Å². The van der Waals surface area contributed by atoms with E-state index in [9.17, 15) is 5.11 Å². The van der Waals surface area contributed by atoms with Gasteiger partial charge < -0.3 is 15.2 Å². The molecule has 1 fully saturated rings. The third-order valence-corrected chi connectivity index (χ3v) is 4.15. The van der Waals surface area contributed by atoms with E-state index in [1.165, 1.54) is 12.0 Å². The first kappa shape index (κ1) is 12.0. The van der Waals surface area contributed by atoms with E-state index in [1.54, 1.807) is 0 Å². The molecule has 18 heavy (non-hydrogen) atoms. The van der Waals surface area contributed by atoms with Crippen molar-refractivity contribution in [3.63, 3.8) is 0 Å². The van der Waals surface area contributed by atoms with Crippen molar-refractivity contribution in [1.82, 2.24) is 5.32 Å². The van der Waals surface area contributed by atoms with Crippen LogP contribution in [-0.4, -0.2) is 30.4 Å². The largest absolute Gasteiger partial charge is 0.493 e. The van der Waals surface area contributed by atoms with Crippen molar-refractivity contribution in [2.45, 2.75) is 43.7 Å². The monoisotopic (exact) mass is 247 g/mol. The number of aliphatic hydroxyl groups excluding tert-OH is 1. The molecule has 1 saturated carbocycles. The summed E-state index contributed by atoms with van der Waals surface area (Å²) in [6, 6.07) is 8.53. The third kappa shape index (κ3) is 2.38. The highest BCUT2D eigenvalue weighted by atomic mass is 16.5. The average Bonchev–Trinajstić information content (AvgIpc) is 2.81. The molecule has 2 aliphatic rings. The first-order valence-electron chi connectivity index (χ1n) is 6.98. The molecule has 3 atom stereocenters. The van der Waals surface area contributed by atoms with Crippen LogP contribution in [0.25, 0.3) is 0 Å². The van der Waals surface area contributed by atoms with Gasteiger partial charge in [-0.05, 0) is 18.9 Å². The molecule has 0 saturated heterocycles. The molecule has 0 aromatic heterocycles. The Morgan fingerprint density at radius 2 is 2.06 bits per heavy atom. The smallest absolute Gasteiger partial charge is 0.122 e. The molecule has 1 aliphatic carbocycles. The number of para-hydroxylation sites is 1. The lowest BCUT2D eigenvalue weighted by Crippen LogP contribution is -2.43. The average molecular weight is 247 g/mol. The highest BCUT2D eigenvalue weighted by Gasteiger charge is 2.27. The van der Waals surface area contributed by atoms with Gasteiger partial charge in [-0.25, -0.2) is 0 Å². The number of rotatable bonds is 3. The molecule has 1 aliphatic heterocycles. The zero-order valence-electron chi connectivity index (χ0n) is 10.6. The van der Waals surface area contributed by atoms with E-state index in [0.717, 1.165) is 38.2 Å². The van der Waals surface area contributed by atoms with Gasteiger partial charge >= 0.3 is 0 Å². The van der Waals surface area contributed by atoms with E-state index in [-0.39, 0.29) is 12.1 Å². The van der Waals surface area contributed by atoms with Crippen LogP contribution in [-0.2, 0) is 0 Å². The van der Waals surface area contributed by atoms with E-state index in [0.29, 0.717) is 5.92 Å². The maximum Gasteiger partial charge on any atom is 0.122 e. The molecular formula is C15H21NO2. The summed E-state index contributed by atoms with van der Waals surface area (Å²) in [6.07, 6.45) is 4.25. The summed E-state index contributed by atoms with van der Waals surface area (Å²) in [5.74, 6) is 1.45. The lowest BCUT2D eigenvalue weighted by molar-refractivity contribution is 0.0898. The predicted molar refractivity (Wildman–Crippen MR) is 70.9 cm³/mol. The van der Waals surface area contributed by atoms with Crippen molar-refractivity contribution in [2.75, 3.05) is 13.2 Å². The minimum absolute atomic E-state index is 0.170. The van der Waals surface area contributed by atoms with Crippen LogP contribution < -0.4 is 10.1 Å². The van der Waals surface area contributed by atoms with Gasteiger partial charge in [0.1, 0.15) is 5.75 Å². The van der Waals surface area contributed by atoms with E-state index in [4.69, 9.17) is 4.74 Å². The Balaban J connectivity index is 1.58. The highest BCUT2D eigenvalue weighted by Crippen LogP contribution is 2.33. The molecule has 1 heterocycles. The fourth-order valence-corrected chi connectivity index (χ4v) is 3.04. The van der Waals surface area contributed by atoms with Crippen molar-refractivity contribution in [3.8, 4) is 5.75 Å². The lowest BCUT2D eigenvalue weighted by atomic mass is 9.92. The summed E-state index contributed by atoms with van der Waals surface area (Å²) >= 11 is 0. The van der Waals surface area contributed by atoms with Crippen LogP contribution in [0.1, 0.15) is 37.2 Å². The zero-order valence-corrected chi connectivity index (χ0v) is 10.6. The molecule has 3 rings (SSSR count). The van der Waals surface area contributed by atoms with Gasteiger partial charge in [0.25, 0.3) is 0 Å². The number of fused-ring (bicyclic) bond motifs is 1. The van der Waals surface area contributed by atoms with Gasteiger partial charge in [-0.2, -0.15) is 0 Å². The van der Waals surface area contributed by atoms with Crippen LogP contribution in [0.2, 0.25) is 0 Å². The van der Waals surface area contributed by atoms with Crippen molar-refractivity contribution < 1.29 is 9.84 Å². The summed E-state index contributed by atoms with van der Waals surface area (Å²) in [5.41, 5.74) is 1.30. The Labute approximate surface area is 108 Å². The number of nitrogens with one attached hydrogen (secondary N) is 1. The molecule has 3 nitrogen and oxygen atoms in total. The summed E-state index contributed by atoms with van der Waals surface area (Å²) in [7, 11) is 0. The standard InChI is InChI=1S/C15H21NO2/c17-14-7-3-2-6-13(14)16-9-11-10-18-15-8-4-1-5-12(11)15/h1,4-5,8,11,13-14,16-17H,2-3,6-7,9-10H2.